The van der Waals surface area contributed by atoms with Crippen LogP contribution in [0.25, 0.3) is 11.3 Å². The highest BCUT2D eigenvalue weighted by Crippen LogP contribution is 2.19. The lowest BCUT2D eigenvalue weighted by Crippen LogP contribution is -2.36. The number of amides is 1. The molecule has 0 spiro atoms. The second-order valence-electron chi connectivity index (χ2n) is 6.99. The molecule has 7 nitrogen and oxygen atoms in total. The molecule has 0 aliphatic heterocycles. The van der Waals surface area contributed by atoms with Crippen molar-refractivity contribution < 1.29 is 9.32 Å². The Morgan fingerprint density at radius 2 is 1.80 bits per heavy atom. The quantitative estimate of drug-likeness (QED) is 0.466. The molecule has 3 aromatic rings. The molecule has 1 heterocycles. The van der Waals surface area contributed by atoms with E-state index in [0.29, 0.717) is 24.6 Å². The van der Waals surface area contributed by atoms with E-state index in [9.17, 15) is 4.79 Å². The Bertz CT molecular complexity index is 978. The van der Waals surface area contributed by atoms with Crippen LogP contribution in [-0.4, -0.2) is 42.6 Å². The first-order valence-corrected chi connectivity index (χ1v) is 9.90. The van der Waals surface area contributed by atoms with Gasteiger partial charge in [-0.1, -0.05) is 47.6 Å². The van der Waals surface area contributed by atoms with Crippen LogP contribution < -0.4 is 10.6 Å². The lowest BCUT2D eigenvalue weighted by molar-refractivity contribution is 0.0827. The molecule has 0 aliphatic rings. The van der Waals surface area contributed by atoms with Crippen molar-refractivity contribution in [2.24, 2.45) is 4.99 Å². The molecule has 0 bridgehead atoms. The molecule has 0 radical (unpaired) electrons. The third-order valence-electron chi connectivity index (χ3n) is 4.43. The van der Waals surface area contributed by atoms with Crippen molar-refractivity contribution in [3.05, 3.63) is 77.5 Å². The van der Waals surface area contributed by atoms with Crippen molar-refractivity contribution in [3.63, 3.8) is 0 Å². The Labute approximate surface area is 176 Å². The summed E-state index contributed by atoms with van der Waals surface area (Å²) >= 11 is 0. The fourth-order valence-corrected chi connectivity index (χ4v) is 2.83. The minimum Gasteiger partial charge on any atom is -0.357 e. The van der Waals surface area contributed by atoms with E-state index in [2.05, 4.69) is 20.8 Å². The fraction of sp³-hybridized carbons (Fsp3) is 0.261. The Hall–Kier alpha value is -3.61. The molecule has 0 fully saturated rings. The van der Waals surface area contributed by atoms with Crippen molar-refractivity contribution in [1.29, 1.82) is 0 Å². The van der Waals surface area contributed by atoms with E-state index < -0.39 is 0 Å². The summed E-state index contributed by atoms with van der Waals surface area (Å²) in [6.07, 6.45) is 0. The molecular formula is C23H27N5O2. The van der Waals surface area contributed by atoms with Crippen LogP contribution in [0.3, 0.4) is 0 Å². The normalized spacial score (nSPS) is 11.2. The summed E-state index contributed by atoms with van der Waals surface area (Å²) in [6.45, 7) is 3.76. The van der Waals surface area contributed by atoms with Gasteiger partial charge in [0.05, 0.1) is 13.1 Å². The largest absolute Gasteiger partial charge is 0.357 e. The Balaban J connectivity index is 1.60. The number of carbonyl (C=O) groups is 1. The van der Waals surface area contributed by atoms with Gasteiger partial charge in [-0.25, -0.2) is 4.99 Å². The first kappa shape index (κ1) is 21.1. The number of carbonyl (C=O) groups excluding carboxylic acids is 1. The molecule has 1 amide bonds. The average molecular weight is 406 g/mol. The van der Waals surface area contributed by atoms with Gasteiger partial charge < -0.3 is 20.1 Å². The van der Waals surface area contributed by atoms with Gasteiger partial charge in [0.25, 0.3) is 5.91 Å². The van der Waals surface area contributed by atoms with Gasteiger partial charge in [0, 0.05) is 37.8 Å². The SMILES string of the molecule is CCNC(=NCc1ccc(C(=O)N(C)C)cc1)NCc1cc(-c2ccccc2)on1. The first-order chi connectivity index (χ1) is 14.6. The van der Waals surface area contributed by atoms with Crippen LogP contribution in [0.1, 0.15) is 28.5 Å². The summed E-state index contributed by atoms with van der Waals surface area (Å²) in [5.74, 6) is 1.42. The summed E-state index contributed by atoms with van der Waals surface area (Å²) in [7, 11) is 3.49. The third kappa shape index (κ3) is 5.70. The number of aliphatic imine (C=N–C) groups is 1. The van der Waals surface area contributed by atoms with Crippen LogP contribution in [0.2, 0.25) is 0 Å². The van der Waals surface area contributed by atoms with E-state index in [0.717, 1.165) is 29.1 Å². The van der Waals surface area contributed by atoms with Crippen molar-refractivity contribution in [3.8, 4) is 11.3 Å². The van der Waals surface area contributed by atoms with E-state index in [4.69, 9.17) is 4.52 Å². The number of nitrogens with one attached hydrogen (secondary N) is 2. The van der Waals surface area contributed by atoms with Gasteiger partial charge in [-0.15, -0.1) is 0 Å². The highest BCUT2D eigenvalue weighted by molar-refractivity contribution is 5.93. The maximum absolute atomic E-state index is 12.0. The highest BCUT2D eigenvalue weighted by atomic mass is 16.5. The van der Waals surface area contributed by atoms with Gasteiger partial charge in [0.2, 0.25) is 0 Å². The van der Waals surface area contributed by atoms with E-state index in [-0.39, 0.29) is 5.91 Å². The molecule has 1 aromatic heterocycles. The highest BCUT2D eigenvalue weighted by Gasteiger charge is 2.08. The molecular weight excluding hydrogens is 378 g/mol. The number of benzene rings is 2. The van der Waals surface area contributed by atoms with Crippen LogP contribution in [-0.2, 0) is 13.1 Å². The number of hydrogen-bond donors (Lipinski definition) is 2. The topological polar surface area (TPSA) is 82.8 Å². The zero-order valence-corrected chi connectivity index (χ0v) is 17.6. The molecule has 0 atom stereocenters. The third-order valence-corrected chi connectivity index (χ3v) is 4.43. The Kier molecular flexibility index (Phi) is 7.21. The monoisotopic (exact) mass is 405 g/mol. The molecule has 3 rings (SSSR count). The standard InChI is InChI=1S/C23H27N5O2/c1-4-24-23(25-15-17-10-12-19(13-11-17)22(29)28(2)3)26-16-20-14-21(30-27-20)18-8-6-5-7-9-18/h5-14H,4,15-16H2,1-3H3,(H2,24,25,26). The molecule has 2 aromatic carbocycles. The van der Waals surface area contributed by atoms with Crippen LogP contribution >= 0.6 is 0 Å². The van der Waals surface area contributed by atoms with Crippen LogP contribution in [0, 0.1) is 0 Å². The second kappa shape index (κ2) is 10.2. The van der Waals surface area contributed by atoms with E-state index in [1.807, 2.05) is 67.6 Å². The molecule has 156 valence electrons. The second-order valence-corrected chi connectivity index (χ2v) is 6.99. The van der Waals surface area contributed by atoms with Gasteiger partial charge in [0.15, 0.2) is 11.7 Å². The van der Waals surface area contributed by atoms with Gasteiger partial charge in [-0.05, 0) is 24.6 Å². The summed E-state index contributed by atoms with van der Waals surface area (Å²) in [4.78, 5) is 18.2. The number of rotatable bonds is 7. The van der Waals surface area contributed by atoms with E-state index >= 15 is 0 Å². The molecule has 7 heteroatoms. The number of nitrogens with zero attached hydrogens (tertiary/aromatic N) is 3. The molecule has 0 unspecified atom stereocenters. The summed E-state index contributed by atoms with van der Waals surface area (Å²) < 4.78 is 5.44. The lowest BCUT2D eigenvalue weighted by Gasteiger charge is -2.11. The van der Waals surface area contributed by atoms with Crippen LogP contribution in [0.5, 0.6) is 0 Å². The first-order valence-electron chi connectivity index (χ1n) is 9.90. The predicted molar refractivity (Wildman–Crippen MR) is 118 cm³/mol. The molecule has 0 saturated carbocycles. The molecule has 0 aliphatic carbocycles. The molecule has 30 heavy (non-hydrogen) atoms. The van der Waals surface area contributed by atoms with Gasteiger partial charge >= 0.3 is 0 Å². The Morgan fingerprint density at radius 1 is 1.07 bits per heavy atom. The molecule has 2 N–H and O–H groups in total. The van der Waals surface area contributed by atoms with Crippen LogP contribution in [0.15, 0.2) is 70.2 Å². The van der Waals surface area contributed by atoms with Gasteiger partial charge in [0.1, 0.15) is 5.69 Å². The fourth-order valence-electron chi connectivity index (χ4n) is 2.83. The van der Waals surface area contributed by atoms with Crippen molar-refractivity contribution in [1.82, 2.24) is 20.7 Å². The van der Waals surface area contributed by atoms with Crippen molar-refractivity contribution in [2.75, 3.05) is 20.6 Å². The van der Waals surface area contributed by atoms with Crippen LogP contribution in [0.4, 0.5) is 0 Å². The van der Waals surface area contributed by atoms with Crippen molar-refractivity contribution in [2.45, 2.75) is 20.0 Å². The number of guanidine groups is 1. The molecule has 0 saturated heterocycles. The maximum Gasteiger partial charge on any atom is 0.253 e. The van der Waals surface area contributed by atoms with Crippen molar-refractivity contribution >= 4 is 11.9 Å². The maximum atomic E-state index is 12.0. The van der Waals surface area contributed by atoms with E-state index in [1.165, 1.54) is 0 Å². The zero-order valence-electron chi connectivity index (χ0n) is 17.6. The summed E-state index contributed by atoms with van der Waals surface area (Å²) in [6, 6.07) is 19.3. The van der Waals surface area contributed by atoms with Gasteiger partial charge in [-0.2, -0.15) is 0 Å². The van der Waals surface area contributed by atoms with Gasteiger partial charge in [-0.3, -0.25) is 4.79 Å². The lowest BCUT2D eigenvalue weighted by atomic mass is 10.1. The smallest absolute Gasteiger partial charge is 0.253 e. The predicted octanol–water partition coefficient (Wildman–Crippen LogP) is 3.30. The summed E-state index contributed by atoms with van der Waals surface area (Å²) in [5.41, 5.74) is 3.48. The summed E-state index contributed by atoms with van der Waals surface area (Å²) in [5, 5.41) is 10.6. The minimum atomic E-state index is -0.0115. The Morgan fingerprint density at radius 3 is 2.47 bits per heavy atom. The zero-order chi connectivity index (χ0) is 21.3. The number of aromatic nitrogens is 1. The number of hydrogen-bond acceptors (Lipinski definition) is 4. The average Bonchev–Trinajstić information content (AvgIpc) is 3.25. The minimum absolute atomic E-state index is 0.0115. The van der Waals surface area contributed by atoms with E-state index in [1.54, 1.807) is 19.0 Å².